The van der Waals surface area contributed by atoms with E-state index in [1.807, 2.05) is 26.0 Å². The van der Waals surface area contributed by atoms with Gasteiger partial charge < -0.3 is 14.8 Å². The van der Waals surface area contributed by atoms with Gasteiger partial charge in [0.15, 0.2) is 11.5 Å². The van der Waals surface area contributed by atoms with Crippen LogP contribution in [0.3, 0.4) is 0 Å². The molecule has 0 fully saturated rings. The zero-order chi connectivity index (χ0) is 15.2. The molecule has 0 spiro atoms. The van der Waals surface area contributed by atoms with Crippen LogP contribution in [0.4, 0.5) is 0 Å². The van der Waals surface area contributed by atoms with E-state index < -0.39 is 0 Å². The molecule has 0 aliphatic carbocycles. The SMILES string of the molecule is COc1cc(CNCc2cccs2)cc(Cl)c1OC(C)C. The van der Waals surface area contributed by atoms with E-state index in [9.17, 15) is 0 Å². The molecule has 0 bridgehead atoms. The van der Waals surface area contributed by atoms with Gasteiger partial charge in [-0.2, -0.15) is 0 Å². The minimum absolute atomic E-state index is 0.0548. The van der Waals surface area contributed by atoms with Crippen LogP contribution in [0, 0.1) is 0 Å². The molecular formula is C16H20ClNO2S. The van der Waals surface area contributed by atoms with Crippen LogP contribution in [0.25, 0.3) is 0 Å². The molecular weight excluding hydrogens is 306 g/mol. The van der Waals surface area contributed by atoms with Gasteiger partial charge in [-0.1, -0.05) is 17.7 Å². The third kappa shape index (κ3) is 4.63. The van der Waals surface area contributed by atoms with Crippen molar-refractivity contribution in [3.63, 3.8) is 0 Å². The van der Waals surface area contributed by atoms with E-state index in [0.717, 1.165) is 18.7 Å². The normalized spacial score (nSPS) is 10.9. The molecule has 0 aliphatic heterocycles. The Morgan fingerprint density at radius 2 is 2.10 bits per heavy atom. The summed E-state index contributed by atoms with van der Waals surface area (Å²) in [6, 6.07) is 8.05. The molecule has 114 valence electrons. The summed E-state index contributed by atoms with van der Waals surface area (Å²) in [4.78, 5) is 1.31. The second-order valence-electron chi connectivity index (χ2n) is 4.96. The molecule has 2 aromatic rings. The third-order valence-electron chi connectivity index (χ3n) is 2.85. The van der Waals surface area contributed by atoms with Gasteiger partial charge in [0.1, 0.15) is 0 Å². The number of ether oxygens (including phenoxy) is 2. The van der Waals surface area contributed by atoms with Crippen LogP contribution < -0.4 is 14.8 Å². The van der Waals surface area contributed by atoms with Crippen LogP contribution in [-0.4, -0.2) is 13.2 Å². The molecule has 1 aromatic heterocycles. The quantitative estimate of drug-likeness (QED) is 0.813. The predicted octanol–water partition coefficient (Wildman–Crippen LogP) is 4.49. The van der Waals surface area contributed by atoms with Crippen LogP contribution in [0.5, 0.6) is 11.5 Å². The Bertz CT molecular complexity index is 570. The Labute approximate surface area is 134 Å². The summed E-state index contributed by atoms with van der Waals surface area (Å²) >= 11 is 8.05. The first kappa shape index (κ1) is 16.1. The zero-order valence-corrected chi connectivity index (χ0v) is 14.1. The highest BCUT2D eigenvalue weighted by Crippen LogP contribution is 2.37. The fourth-order valence-corrected chi connectivity index (χ4v) is 2.92. The molecule has 0 amide bonds. The van der Waals surface area contributed by atoms with Crippen molar-refractivity contribution in [3.05, 3.63) is 45.1 Å². The Kier molecular flexibility index (Phi) is 5.91. The maximum absolute atomic E-state index is 6.31. The van der Waals surface area contributed by atoms with Gasteiger partial charge in [-0.3, -0.25) is 0 Å². The number of rotatable bonds is 7. The van der Waals surface area contributed by atoms with Crippen LogP contribution in [0.2, 0.25) is 5.02 Å². The largest absolute Gasteiger partial charge is 0.493 e. The Hall–Kier alpha value is -1.23. The molecule has 0 saturated carbocycles. The first-order valence-electron chi connectivity index (χ1n) is 6.86. The number of hydrogen-bond acceptors (Lipinski definition) is 4. The van der Waals surface area contributed by atoms with Gasteiger partial charge >= 0.3 is 0 Å². The van der Waals surface area contributed by atoms with E-state index in [1.54, 1.807) is 18.4 Å². The molecule has 21 heavy (non-hydrogen) atoms. The monoisotopic (exact) mass is 325 g/mol. The highest BCUT2D eigenvalue weighted by atomic mass is 35.5. The lowest BCUT2D eigenvalue weighted by atomic mass is 10.2. The highest BCUT2D eigenvalue weighted by Gasteiger charge is 2.13. The number of benzene rings is 1. The zero-order valence-electron chi connectivity index (χ0n) is 12.5. The first-order chi connectivity index (χ1) is 10.1. The molecule has 0 radical (unpaired) electrons. The van der Waals surface area contributed by atoms with E-state index in [4.69, 9.17) is 21.1 Å². The van der Waals surface area contributed by atoms with E-state index in [1.165, 1.54) is 4.88 Å². The number of nitrogens with one attached hydrogen (secondary N) is 1. The molecule has 5 heteroatoms. The molecule has 0 unspecified atom stereocenters. The van der Waals surface area contributed by atoms with Crippen molar-refractivity contribution in [2.24, 2.45) is 0 Å². The molecule has 3 nitrogen and oxygen atoms in total. The summed E-state index contributed by atoms with van der Waals surface area (Å²) in [5.41, 5.74) is 1.07. The summed E-state index contributed by atoms with van der Waals surface area (Å²) in [5, 5.41) is 6.06. The lowest BCUT2D eigenvalue weighted by Crippen LogP contribution is -2.12. The first-order valence-corrected chi connectivity index (χ1v) is 8.12. The van der Waals surface area contributed by atoms with Crippen LogP contribution >= 0.6 is 22.9 Å². The Morgan fingerprint density at radius 1 is 1.29 bits per heavy atom. The van der Waals surface area contributed by atoms with Gasteiger partial charge in [0.2, 0.25) is 0 Å². The molecule has 0 saturated heterocycles. The Balaban J connectivity index is 2.04. The summed E-state index contributed by atoms with van der Waals surface area (Å²) in [5.74, 6) is 1.28. The fraction of sp³-hybridized carbons (Fsp3) is 0.375. The van der Waals surface area contributed by atoms with E-state index >= 15 is 0 Å². The lowest BCUT2D eigenvalue weighted by molar-refractivity contribution is 0.230. The molecule has 1 aromatic carbocycles. The minimum atomic E-state index is 0.0548. The average molecular weight is 326 g/mol. The summed E-state index contributed by atoms with van der Waals surface area (Å²) in [6.45, 7) is 5.51. The average Bonchev–Trinajstić information content (AvgIpc) is 2.94. The van der Waals surface area contributed by atoms with Gasteiger partial charge in [0.05, 0.1) is 18.2 Å². The van der Waals surface area contributed by atoms with Crippen molar-refractivity contribution >= 4 is 22.9 Å². The van der Waals surface area contributed by atoms with Crippen molar-refractivity contribution in [1.29, 1.82) is 0 Å². The number of hydrogen-bond donors (Lipinski definition) is 1. The summed E-state index contributed by atoms with van der Waals surface area (Å²) < 4.78 is 11.1. The van der Waals surface area contributed by atoms with Crippen LogP contribution in [-0.2, 0) is 13.1 Å². The second kappa shape index (κ2) is 7.69. The van der Waals surface area contributed by atoms with E-state index in [2.05, 4.69) is 22.8 Å². The summed E-state index contributed by atoms with van der Waals surface area (Å²) in [7, 11) is 1.63. The standard InChI is InChI=1S/C16H20ClNO2S/c1-11(2)20-16-14(17)7-12(8-15(16)19-3)9-18-10-13-5-4-6-21-13/h4-8,11,18H,9-10H2,1-3H3. The van der Waals surface area contributed by atoms with Gasteiger partial charge in [-0.05, 0) is 43.0 Å². The lowest BCUT2D eigenvalue weighted by Gasteiger charge is -2.16. The predicted molar refractivity (Wildman–Crippen MR) is 88.6 cm³/mol. The Morgan fingerprint density at radius 3 is 2.71 bits per heavy atom. The minimum Gasteiger partial charge on any atom is -0.493 e. The van der Waals surface area contributed by atoms with E-state index in [0.29, 0.717) is 16.5 Å². The number of thiophene rings is 1. The van der Waals surface area contributed by atoms with Gasteiger partial charge in [-0.25, -0.2) is 0 Å². The fourth-order valence-electron chi connectivity index (χ4n) is 1.97. The molecule has 1 heterocycles. The van der Waals surface area contributed by atoms with Crippen molar-refractivity contribution in [3.8, 4) is 11.5 Å². The van der Waals surface area contributed by atoms with Crippen molar-refractivity contribution < 1.29 is 9.47 Å². The van der Waals surface area contributed by atoms with Crippen molar-refractivity contribution in [2.45, 2.75) is 33.0 Å². The molecule has 1 N–H and O–H groups in total. The number of methoxy groups -OCH3 is 1. The number of halogens is 1. The van der Waals surface area contributed by atoms with Gasteiger partial charge in [0.25, 0.3) is 0 Å². The van der Waals surface area contributed by atoms with Crippen molar-refractivity contribution in [2.75, 3.05) is 7.11 Å². The smallest absolute Gasteiger partial charge is 0.180 e. The highest BCUT2D eigenvalue weighted by molar-refractivity contribution is 7.09. The molecule has 2 rings (SSSR count). The van der Waals surface area contributed by atoms with Gasteiger partial charge in [0, 0.05) is 18.0 Å². The van der Waals surface area contributed by atoms with Crippen LogP contribution in [0.1, 0.15) is 24.3 Å². The topological polar surface area (TPSA) is 30.5 Å². The second-order valence-corrected chi connectivity index (χ2v) is 6.40. The maximum atomic E-state index is 6.31. The van der Waals surface area contributed by atoms with E-state index in [-0.39, 0.29) is 6.10 Å². The van der Waals surface area contributed by atoms with Crippen LogP contribution in [0.15, 0.2) is 29.6 Å². The third-order valence-corrected chi connectivity index (χ3v) is 4.01. The summed E-state index contributed by atoms with van der Waals surface area (Å²) in [6.07, 6.45) is 0.0548. The van der Waals surface area contributed by atoms with Gasteiger partial charge in [-0.15, -0.1) is 11.3 Å². The maximum Gasteiger partial charge on any atom is 0.180 e. The van der Waals surface area contributed by atoms with Crippen molar-refractivity contribution in [1.82, 2.24) is 5.32 Å². The molecule has 0 atom stereocenters. The molecule has 0 aliphatic rings.